The summed E-state index contributed by atoms with van der Waals surface area (Å²) in [6.07, 6.45) is 0.249. The van der Waals surface area contributed by atoms with Gasteiger partial charge in [0.25, 0.3) is 0 Å². The zero-order valence-corrected chi connectivity index (χ0v) is 17.4. The topological polar surface area (TPSA) is 154 Å². The van der Waals surface area contributed by atoms with Crippen LogP contribution in [0.15, 0.2) is 54.6 Å². The van der Waals surface area contributed by atoms with Gasteiger partial charge in [0, 0.05) is 13.3 Å². The number of hydrogen-bond donors (Lipinski definition) is 5. The molecule has 0 saturated carbocycles. The van der Waals surface area contributed by atoms with Crippen LogP contribution in [0, 0.1) is 0 Å². The zero-order valence-electron chi connectivity index (χ0n) is 17.4. The van der Waals surface area contributed by atoms with E-state index in [1.54, 1.807) is 6.07 Å². The summed E-state index contributed by atoms with van der Waals surface area (Å²) in [5.41, 5.74) is 0.859. The van der Waals surface area contributed by atoms with Crippen molar-refractivity contribution in [2.24, 2.45) is 0 Å². The third kappa shape index (κ3) is 7.90. The van der Waals surface area contributed by atoms with E-state index < -0.39 is 42.8 Å². The third-order valence-electron chi connectivity index (χ3n) is 4.28. The molecule has 0 bridgehead atoms. The molecule has 0 aromatic heterocycles. The first-order chi connectivity index (χ1) is 15.3. The number of carbonyl (C=O) groups excluding carboxylic acids is 4. The van der Waals surface area contributed by atoms with Crippen LogP contribution in [0.2, 0.25) is 0 Å². The van der Waals surface area contributed by atoms with Crippen molar-refractivity contribution < 1.29 is 29.1 Å². The summed E-state index contributed by atoms with van der Waals surface area (Å²) < 4.78 is 0. The number of anilines is 1. The minimum Gasteiger partial charge on any atom is -0.478 e. The maximum Gasteiger partial charge on any atom is 0.337 e. The average Bonchev–Trinajstić information content (AvgIpc) is 2.76. The molecule has 2 rings (SSSR count). The van der Waals surface area contributed by atoms with E-state index in [0.29, 0.717) is 0 Å². The lowest BCUT2D eigenvalue weighted by Crippen LogP contribution is -2.50. The number of rotatable bonds is 10. The number of carbonyl (C=O) groups is 5. The van der Waals surface area contributed by atoms with E-state index in [4.69, 9.17) is 5.11 Å². The average molecular weight is 440 g/mol. The molecule has 2 aromatic carbocycles. The Labute approximate surface area is 184 Å². The molecule has 0 unspecified atom stereocenters. The standard InChI is InChI=1S/C22H24N4O6/c1-14(27)25-18(11-15-7-3-2-4-8-15)21(30)24-12-19(28)23-13-20(29)26-17-10-6-5-9-16(17)22(31)32/h2-10,18H,11-13H2,1H3,(H,23,28)(H,24,30)(H,25,27)(H,26,29)(H,31,32)/t18-/m0/s1. The number of carboxylic acids is 1. The highest BCUT2D eigenvalue weighted by atomic mass is 16.4. The Kier molecular flexibility index (Phi) is 8.91. The second kappa shape index (κ2) is 11.8. The molecule has 10 heteroatoms. The van der Waals surface area contributed by atoms with Gasteiger partial charge in [-0.1, -0.05) is 42.5 Å². The Morgan fingerprint density at radius 2 is 1.47 bits per heavy atom. The van der Waals surface area contributed by atoms with E-state index in [1.165, 1.54) is 25.1 Å². The Balaban J connectivity index is 1.83. The number of aromatic carboxylic acids is 1. The number of benzene rings is 2. The number of hydrogen-bond acceptors (Lipinski definition) is 5. The monoisotopic (exact) mass is 440 g/mol. The Hall–Kier alpha value is -4.21. The smallest absolute Gasteiger partial charge is 0.337 e. The number of nitrogens with one attached hydrogen (secondary N) is 4. The Morgan fingerprint density at radius 3 is 2.12 bits per heavy atom. The number of amides is 4. The molecule has 10 nitrogen and oxygen atoms in total. The largest absolute Gasteiger partial charge is 0.478 e. The predicted octanol–water partition coefficient (Wildman–Crippen LogP) is 0.303. The summed E-state index contributed by atoms with van der Waals surface area (Å²) in [4.78, 5) is 59.0. The van der Waals surface area contributed by atoms with E-state index in [2.05, 4.69) is 21.3 Å². The molecule has 0 saturated heterocycles. The molecule has 0 spiro atoms. The van der Waals surface area contributed by atoms with Crippen LogP contribution in [0.25, 0.3) is 0 Å². The fourth-order valence-electron chi connectivity index (χ4n) is 2.81. The first kappa shape index (κ1) is 24.1. The normalized spacial score (nSPS) is 11.0. The second-order valence-corrected chi connectivity index (χ2v) is 6.84. The Morgan fingerprint density at radius 1 is 0.844 bits per heavy atom. The summed E-state index contributed by atoms with van der Waals surface area (Å²) in [6.45, 7) is 0.476. The summed E-state index contributed by atoms with van der Waals surface area (Å²) in [7, 11) is 0. The van der Waals surface area contributed by atoms with Crippen molar-refractivity contribution in [3.05, 3.63) is 65.7 Å². The van der Waals surface area contributed by atoms with Crippen LogP contribution < -0.4 is 21.3 Å². The molecule has 0 aliphatic carbocycles. The van der Waals surface area contributed by atoms with E-state index in [0.717, 1.165) is 5.56 Å². The molecular formula is C22H24N4O6. The Bertz CT molecular complexity index is 993. The predicted molar refractivity (Wildman–Crippen MR) is 116 cm³/mol. The molecule has 0 heterocycles. The van der Waals surface area contributed by atoms with Crippen LogP contribution in [0.5, 0.6) is 0 Å². The number of para-hydroxylation sites is 1. The lowest BCUT2D eigenvalue weighted by molar-refractivity contribution is -0.130. The van der Waals surface area contributed by atoms with Gasteiger partial charge in [0.1, 0.15) is 6.04 Å². The SMILES string of the molecule is CC(=O)N[C@@H](Cc1ccccc1)C(=O)NCC(=O)NCC(=O)Nc1ccccc1C(=O)O. The summed E-state index contributed by atoms with van der Waals surface area (Å²) >= 11 is 0. The van der Waals surface area contributed by atoms with E-state index in [1.807, 2.05) is 30.3 Å². The van der Waals surface area contributed by atoms with E-state index in [9.17, 15) is 24.0 Å². The minimum absolute atomic E-state index is 0.0816. The van der Waals surface area contributed by atoms with Crippen molar-refractivity contribution >= 4 is 35.3 Å². The van der Waals surface area contributed by atoms with Crippen molar-refractivity contribution in [2.45, 2.75) is 19.4 Å². The lowest BCUT2D eigenvalue weighted by atomic mass is 10.1. The maximum atomic E-state index is 12.4. The highest BCUT2D eigenvalue weighted by Crippen LogP contribution is 2.14. The van der Waals surface area contributed by atoms with Gasteiger partial charge in [-0.05, 0) is 17.7 Å². The van der Waals surface area contributed by atoms with Crippen LogP contribution in [0.1, 0.15) is 22.8 Å². The molecule has 168 valence electrons. The fraction of sp³-hybridized carbons (Fsp3) is 0.227. The molecular weight excluding hydrogens is 416 g/mol. The number of carboxylic acid groups (broad SMARTS) is 1. The molecule has 0 aliphatic rings. The second-order valence-electron chi connectivity index (χ2n) is 6.84. The quantitative estimate of drug-likeness (QED) is 0.358. The molecule has 2 aromatic rings. The van der Waals surface area contributed by atoms with E-state index in [-0.39, 0.29) is 23.6 Å². The van der Waals surface area contributed by atoms with Crippen LogP contribution >= 0.6 is 0 Å². The third-order valence-corrected chi connectivity index (χ3v) is 4.28. The van der Waals surface area contributed by atoms with Crippen molar-refractivity contribution in [1.29, 1.82) is 0 Å². The van der Waals surface area contributed by atoms with Gasteiger partial charge in [-0.15, -0.1) is 0 Å². The van der Waals surface area contributed by atoms with Gasteiger partial charge in [-0.2, -0.15) is 0 Å². The molecule has 1 atom stereocenters. The summed E-state index contributed by atoms with van der Waals surface area (Å²) in [5, 5.41) is 18.8. The molecule has 0 fully saturated rings. The van der Waals surface area contributed by atoms with Gasteiger partial charge < -0.3 is 26.4 Å². The fourth-order valence-corrected chi connectivity index (χ4v) is 2.81. The van der Waals surface area contributed by atoms with Crippen molar-refractivity contribution in [3.63, 3.8) is 0 Å². The molecule has 32 heavy (non-hydrogen) atoms. The summed E-state index contributed by atoms with van der Waals surface area (Å²) in [5.74, 6) is -3.38. The van der Waals surface area contributed by atoms with Gasteiger partial charge in [0.15, 0.2) is 0 Å². The first-order valence-corrected chi connectivity index (χ1v) is 9.74. The van der Waals surface area contributed by atoms with Crippen LogP contribution in [-0.2, 0) is 25.6 Å². The first-order valence-electron chi connectivity index (χ1n) is 9.74. The maximum absolute atomic E-state index is 12.4. The van der Waals surface area contributed by atoms with Crippen LogP contribution in [0.4, 0.5) is 5.69 Å². The molecule has 4 amide bonds. The zero-order chi connectivity index (χ0) is 23.5. The van der Waals surface area contributed by atoms with Crippen LogP contribution in [0.3, 0.4) is 0 Å². The minimum atomic E-state index is -1.20. The van der Waals surface area contributed by atoms with Gasteiger partial charge in [0.05, 0.1) is 24.3 Å². The van der Waals surface area contributed by atoms with Gasteiger partial charge in [-0.3, -0.25) is 19.2 Å². The molecule has 0 radical (unpaired) electrons. The van der Waals surface area contributed by atoms with Gasteiger partial charge >= 0.3 is 5.97 Å². The lowest BCUT2D eigenvalue weighted by Gasteiger charge is -2.17. The van der Waals surface area contributed by atoms with Gasteiger partial charge in [-0.25, -0.2) is 4.79 Å². The van der Waals surface area contributed by atoms with Gasteiger partial charge in [0.2, 0.25) is 23.6 Å². The van der Waals surface area contributed by atoms with Crippen LogP contribution in [-0.4, -0.2) is 53.8 Å². The van der Waals surface area contributed by atoms with Crippen molar-refractivity contribution in [2.75, 3.05) is 18.4 Å². The highest BCUT2D eigenvalue weighted by molar-refractivity contribution is 6.02. The van der Waals surface area contributed by atoms with Crippen molar-refractivity contribution in [1.82, 2.24) is 16.0 Å². The van der Waals surface area contributed by atoms with Crippen molar-refractivity contribution in [3.8, 4) is 0 Å². The highest BCUT2D eigenvalue weighted by Gasteiger charge is 2.20. The molecule has 5 N–H and O–H groups in total. The molecule has 0 aliphatic heterocycles. The van der Waals surface area contributed by atoms with E-state index >= 15 is 0 Å². The summed E-state index contributed by atoms with van der Waals surface area (Å²) in [6, 6.07) is 14.1.